The van der Waals surface area contributed by atoms with E-state index in [1.807, 2.05) is 36.4 Å². The molecule has 0 radical (unpaired) electrons. The van der Waals surface area contributed by atoms with Gasteiger partial charge in [0.2, 0.25) is 0 Å². The summed E-state index contributed by atoms with van der Waals surface area (Å²) >= 11 is 0. The van der Waals surface area contributed by atoms with Gasteiger partial charge in [-0.3, -0.25) is 4.99 Å². The molecule has 0 atom stereocenters. The summed E-state index contributed by atoms with van der Waals surface area (Å²) in [4.78, 5) is 4.27. The van der Waals surface area contributed by atoms with Crippen LogP contribution in [-0.4, -0.2) is 48.0 Å². The second kappa shape index (κ2) is 10.9. The van der Waals surface area contributed by atoms with Gasteiger partial charge >= 0.3 is 0 Å². The summed E-state index contributed by atoms with van der Waals surface area (Å²) in [6.45, 7) is 1.33. The van der Waals surface area contributed by atoms with Crippen LogP contribution in [0.3, 0.4) is 0 Å². The molecule has 0 aromatic heterocycles. The van der Waals surface area contributed by atoms with E-state index in [4.69, 9.17) is 18.9 Å². The first kappa shape index (κ1) is 21.2. The first-order valence-electron chi connectivity index (χ1n) is 9.01. The molecule has 0 fully saturated rings. The topological polar surface area (TPSA) is 73.3 Å². The van der Waals surface area contributed by atoms with Gasteiger partial charge in [0.1, 0.15) is 23.0 Å². The van der Waals surface area contributed by atoms with Crippen LogP contribution in [0.5, 0.6) is 23.0 Å². The zero-order valence-electron chi connectivity index (χ0n) is 17.2. The molecule has 2 aromatic rings. The molecular weight excluding hydrogens is 358 g/mol. The molecule has 0 bridgehead atoms. The van der Waals surface area contributed by atoms with Gasteiger partial charge in [-0.25, -0.2) is 0 Å². The zero-order chi connectivity index (χ0) is 20.4. The normalized spacial score (nSPS) is 11.0. The molecule has 2 rings (SSSR count). The number of hydrogen-bond acceptors (Lipinski definition) is 5. The summed E-state index contributed by atoms with van der Waals surface area (Å²) in [6.07, 6.45) is 0.708. The van der Waals surface area contributed by atoms with E-state index in [-0.39, 0.29) is 0 Å². The number of ether oxygens (including phenoxy) is 4. The van der Waals surface area contributed by atoms with Gasteiger partial charge < -0.3 is 29.6 Å². The first-order chi connectivity index (χ1) is 13.6. The summed E-state index contributed by atoms with van der Waals surface area (Å²) in [7, 11) is 8.30. The fourth-order valence-electron chi connectivity index (χ4n) is 2.78. The van der Waals surface area contributed by atoms with Gasteiger partial charge in [-0.1, -0.05) is 12.1 Å². The van der Waals surface area contributed by atoms with E-state index in [1.165, 1.54) is 0 Å². The number of aliphatic imine (C=N–C) groups is 1. The Morgan fingerprint density at radius 1 is 0.821 bits per heavy atom. The van der Waals surface area contributed by atoms with Gasteiger partial charge in [-0.15, -0.1) is 0 Å². The van der Waals surface area contributed by atoms with Crippen molar-refractivity contribution in [3.8, 4) is 23.0 Å². The third-order valence-corrected chi connectivity index (χ3v) is 4.33. The quantitative estimate of drug-likeness (QED) is 0.509. The Morgan fingerprint density at radius 2 is 1.43 bits per heavy atom. The minimum absolute atomic E-state index is 0.666. The summed E-state index contributed by atoms with van der Waals surface area (Å²) < 4.78 is 21.5. The lowest BCUT2D eigenvalue weighted by molar-refractivity contribution is 0.368. The van der Waals surface area contributed by atoms with Crippen molar-refractivity contribution in [2.75, 3.05) is 42.0 Å². The van der Waals surface area contributed by atoms with Gasteiger partial charge in [-0.2, -0.15) is 0 Å². The summed E-state index contributed by atoms with van der Waals surface area (Å²) in [5.74, 6) is 3.73. The molecule has 7 heteroatoms. The van der Waals surface area contributed by atoms with Crippen LogP contribution >= 0.6 is 0 Å². The highest BCUT2D eigenvalue weighted by Gasteiger charge is 2.13. The fraction of sp³-hybridized carbons (Fsp3) is 0.381. The Balaban J connectivity index is 1.93. The van der Waals surface area contributed by atoms with Crippen LogP contribution < -0.4 is 29.6 Å². The minimum Gasteiger partial charge on any atom is -0.497 e. The molecule has 0 aliphatic rings. The Bertz CT molecular complexity index is 751. The molecule has 0 saturated carbocycles. The standard InChI is InChI=1S/C21H29N3O4/c1-22-21(24-14-15-6-8-16(25-2)9-7-15)23-11-10-18-19(27-4)12-17(26-3)13-20(18)28-5/h6-9,12-13H,10-11,14H2,1-5H3,(H2,22,23,24). The average molecular weight is 387 g/mol. The Morgan fingerprint density at radius 3 is 1.93 bits per heavy atom. The van der Waals surface area contributed by atoms with Gasteiger partial charge in [0.15, 0.2) is 5.96 Å². The van der Waals surface area contributed by atoms with E-state index < -0.39 is 0 Å². The number of hydrogen-bond donors (Lipinski definition) is 2. The van der Waals surface area contributed by atoms with E-state index in [0.717, 1.165) is 34.3 Å². The smallest absolute Gasteiger partial charge is 0.191 e. The Hall–Kier alpha value is -3.09. The molecule has 0 aliphatic carbocycles. The van der Waals surface area contributed by atoms with Gasteiger partial charge in [-0.05, 0) is 24.1 Å². The Labute approximate surface area is 166 Å². The number of benzene rings is 2. The van der Waals surface area contributed by atoms with E-state index in [1.54, 1.807) is 35.5 Å². The third kappa shape index (κ3) is 5.70. The molecule has 0 saturated heterocycles. The van der Waals surface area contributed by atoms with E-state index in [0.29, 0.717) is 25.3 Å². The molecule has 0 spiro atoms. The van der Waals surface area contributed by atoms with Crippen LogP contribution in [0.25, 0.3) is 0 Å². The molecule has 0 unspecified atom stereocenters. The van der Waals surface area contributed by atoms with Crippen LogP contribution in [-0.2, 0) is 13.0 Å². The number of methoxy groups -OCH3 is 4. The molecule has 28 heavy (non-hydrogen) atoms. The highest BCUT2D eigenvalue weighted by molar-refractivity contribution is 5.79. The van der Waals surface area contributed by atoms with Crippen LogP contribution in [0.15, 0.2) is 41.4 Å². The van der Waals surface area contributed by atoms with E-state index >= 15 is 0 Å². The van der Waals surface area contributed by atoms with Crippen LogP contribution in [0.1, 0.15) is 11.1 Å². The van der Waals surface area contributed by atoms with Gasteiger partial charge in [0.25, 0.3) is 0 Å². The van der Waals surface area contributed by atoms with E-state index in [2.05, 4.69) is 15.6 Å². The second-order valence-electron chi connectivity index (χ2n) is 5.96. The number of rotatable bonds is 9. The van der Waals surface area contributed by atoms with Crippen LogP contribution in [0, 0.1) is 0 Å². The monoisotopic (exact) mass is 387 g/mol. The lowest BCUT2D eigenvalue weighted by Crippen LogP contribution is -2.37. The highest BCUT2D eigenvalue weighted by Crippen LogP contribution is 2.34. The van der Waals surface area contributed by atoms with Crippen molar-refractivity contribution in [3.05, 3.63) is 47.5 Å². The Kier molecular flexibility index (Phi) is 8.27. The van der Waals surface area contributed by atoms with Crippen molar-refractivity contribution < 1.29 is 18.9 Å². The second-order valence-corrected chi connectivity index (χ2v) is 5.96. The maximum absolute atomic E-state index is 5.49. The predicted octanol–water partition coefficient (Wildman–Crippen LogP) is 2.63. The summed E-state index contributed by atoms with van der Waals surface area (Å²) in [6, 6.07) is 11.6. The van der Waals surface area contributed by atoms with Crippen LogP contribution in [0.4, 0.5) is 0 Å². The molecule has 2 aromatic carbocycles. The van der Waals surface area contributed by atoms with E-state index in [9.17, 15) is 0 Å². The molecule has 7 nitrogen and oxygen atoms in total. The predicted molar refractivity (Wildman–Crippen MR) is 111 cm³/mol. The van der Waals surface area contributed by atoms with Crippen molar-refractivity contribution in [1.82, 2.24) is 10.6 Å². The maximum atomic E-state index is 5.49. The summed E-state index contributed by atoms with van der Waals surface area (Å²) in [5, 5.41) is 6.61. The van der Waals surface area contributed by atoms with Crippen molar-refractivity contribution in [1.29, 1.82) is 0 Å². The lowest BCUT2D eigenvalue weighted by Gasteiger charge is -2.16. The van der Waals surface area contributed by atoms with Crippen molar-refractivity contribution in [2.24, 2.45) is 4.99 Å². The lowest BCUT2D eigenvalue weighted by atomic mass is 10.1. The molecular formula is C21H29N3O4. The van der Waals surface area contributed by atoms with Gasteiger partial charge in [0, 0.05) is 37.8 Å². The van der Waals surface area contributed by atoms with Crippen molar-refractivity contribution >= 4 is 5.96 Å². The molecule has 0 heterocycles. The van der Waals surface area contributed by atoms with Gasteiger partial charge in [0.05, 0.1) is 28.4 Å². The summed E-state index contributed by atoms with van der Waals surface area (Å²) in [5.41, 5.74) is 2.12. The largest absolute Gasteiger partial charge is 0.497 e. The van der Waals surface area contributed by atoms with Crippen LogP contribution in [0.2, 0.25) is 0 Å². The fourth-order valence-corrected chi connectivity index (χ4v) is 2.78. The highest BCUT2D eigenvalue weighted by atomic mass is 16.5. The third-order valence-electron chi connectivity index (χ3n) is 4.33. The number of nitrogens with zero attached hydrogens (tertiary/aromatic N) is 1. The molecule has 152 valence electrons. The van der Waals surface area contributed by atoms with Crippen molar-refractivity contribution in [2.45, 2.75) is 13.0 Å². The molecule has 0 amide bonds. The number of nitrogens with one attached hydrogen (secondary N) is 2. The SMILES string of the molecule is CN=C(NCCc1c(OC)cc(OC)cc1OC)NCc1ccc(OC)cc1. The first-order valence-corrected chi connectivity index (χ1v) is 9.01. The van der Waals surface area contributed by atoms with Crippen molar-refractivity contribution in [3.63, 3.8) is 0 Å². The maximum Gasteiger partial charge on any atom is 0.191 e. The zero-order valence-corrected chi connectivity index (χ0v) is 17.2. The minimum atomic E-state index is 0.666. The molecule has 2 N–H and O–H groups in total. The molecule has 0 aliphatic heterocycles. The number of guanidine groups is 1. The average Bonchev–Trinajstić information content (AvgIpc) is 2.75.